The van der Waals surface area contributed by atoms with Gasteiger partial charge in [-0.15, -0.1) is 0 Å². The van der Waals surface area contributed by atoms with Crippen LogP contribution in [0.15, 0.2) is 53.4 Å². The zero-order chi connectivity index (χ0) is 20.3. The van der Waals surface area contributed by atoms with E-state index >= 15 is 0 Å². The van der Waals surface area contributed by atoms with Crippen molar-refractivity contribution in [3.63, 3.8) is 0 Å². The summed E-state index contributed by atoms with van der Waals surface area (Å²) in [6.45, 7) is -0.368. The average molecular weight is 416 g/mol. The van der Waals surface area contributed by atoms with Crippen molar-refractivity contribution in [2.45, 2.75) is 0 Å². The molecule has 1 aliphatic heterocycles. The van der Waals surface area contributed by atoms with E-state index in [0.29, 0.717) is 10.7 Å². The van der Waals surface area contributed by atoms with E-state index in [4.69, 9.17) is 11.6 Å². The molecule has 8 heteroatoms. The van der Waals surface area contributed by atoms with Gasteiger partial charge < -0.3 is 10.2 Å². The Morgan fingerprint density at radius 3 is 2.46 bits per heavy atom. The zero-order valence-corrected chi connectivity index (χ0v) is 16.9. The molecule has 1 heterocycles. The smallest absolute Gasteiger partial charge is 0.294 e. The van der Waals surface area contributed by atoms with Crippen LogP contribution >= 0.6 is 23.4 Å². The molecule has 0 spiro atoms. The van der Waals surface area contributed by atoms with Crippen molar-refractivity contribution in [2.75, 3.05) is 30.9 Å². The predicted molar refractivity (Wildman–Crippen MR) is 114 cm³/mol. The predicted octanol–water partition coefficient (Wildman–Crippen LogP) is 4.08. The number of anilines is 2. The molecule has 0 atom stereocenters. The van der Waals surface area contributed by atoms with Crippen LogP contribution in [0.5, 0.6) is 0 Å². The van der Waals surface area contributed by atoms with Crippen molar-refractivity contribution in [1.29, 1.82) is 0 Å². The Morgan fingerprint density at radius 2 is 1.82 bits per heavy atom. The summed E-state index contributed by atoms with van der Waals surface area (Å²) in [5, 5.41) is 2.51. The molecule has 6 nitrogen and oxygen atoms in total. The first kappa shape index (κ1) is 20.0. The Bertz CT molecular complexity index is 957. The number of para-hydroxylation sites is 1. The molecule has 1 saturated heterocycles. The van der Waals surface area contributed by atoms with E-state index in [9.17, 15) is 14.4 Å². The van der Waals surface area contributed by atoms with Crippen molar-refractivity contribution >= 4 is 57.9 Å². The molecule has 0 saturated carbocycles. The molecule has 2 aromatic rings. The molecule has 28 heavy (non-hydrogen) atoms. The molecule has 1 aliphatic rings. The number of nitrogens with zero attached hydrogens (tertiary/aromatic N) is 2. The number of benzene rings is 2. The highest BCUT2D eigenvalue weighted by Gasteiger charge is 2.36. The molecule has 1 N–H and O–H groups in total. The number of amides is 3. The Morgan fingerprint density at radius 1 is 1.14 bits per heavy atom. The normalized spacial score (nSPS) is 15.2. The van der Waals surface area contributed by atoms with Crippen LogP contribution < -0.4 is 10.2 Å². The standard InChI is InChI=1S/C20H18ClN3O3S/c1-23(2)14-9-7-13(8-10-14)11-17-19(26)24(20(27)28-17)12-18(25)22-16-6-4-3-5-15(16)21/h3-11H,12H2,1-2H3,(H,22,25)/b17-11+. The second-order valence-electron chi connectivity index (χ2n) is 6.28. The zero-order valence-electron chi connectivity index (χ0n) is 15.3. The molecular weight excluding hydrogens is 398 g/mol. The first-order valence-corrected chi connectivity index (χ1v) is 9.62. The van der Waals surface area contributed by atoms with E-state index in [1.54, 1.807) is 30.3 Å². The second-order valence-corrected chi connectivity index (χ2v) is 7.68. The third kappa shape index (κ3) is 4.55. The topological polar surface area (TPSA) is 69.7 Å². The lowest BCUT2D eigenvalue weighted by Gasteiger charge is -2.13. The van der Waals surface area contributed by atoms with E-state index < -0.39 is 17.1 Å². The van der Waals surface area contributed by atoms with E-state index in [-0.39, 0.29) is 11.4 Å². The number of imide groups is 1. The van der Waals surface area contributed by atoms with Crippen molar-refractivity contribution in [1.82, 2.24) is 4.90 Å². The number of hydrogen-bond donors (Lipinski definition) is 1. The first-order chi connectivity index (χ1) is 13.3. The Hall–Kier alpha value is -2.77. The van der Waals surface area contributed by atoms with E-state index in [1.165, 1.54) is 0 Å². The van der Waals surface area contributed by atoms with Crippen LogP contribution in [0, 0.1) is 0 Å². The SMILES string of the molecule is CN(C)c1ccc(/C=C2/SC(=O)N(CC(=O)Nc3ccccc3Cl)C2=O)cc1. The Balaban J connectivity index is 1.69. The lowest BCUT2D eigenvalue weighted by molar-refractivity contribution is -0.127. The van der Waals surface area contributed by atoms with Crippen molar-refractivity contribution in [3.8, 4) is 0 Å². The first-order valence-electron chi connectivity index (χ1n) is 8.42. The molecular formula is C20H18ClN3O3S. The third-order valence-electron chi connectivity index (χ3n) is 4.03. The second kappa shape index (κ2) is 8.50. The van der Waals surface area contributed by atoms with Crippen LogP contribution in [0.2, 0.25) is 5.02 Å². The van der Waals surface area contributed by atoms with Crippen LogP contribution in [-0.4, -0.2) is 42.6 Å². The van der Waals surface area contributed by atoms with Gasteiger partial charge in [0, 0.05) is 19.8 Å². The van der Waals surface area contributed by atoms with Gasteiger partial charge in [-0.3, -0.25) is 19.3 Å². The van der Waals surface area contributed by atoms with Crippen LogP contribution in [0.25, 0.3) is 6.08 Å². The quantitative estimate of drug-likeness (QED) is 0.745. The molecule has 0 aromatic heterocycles. The molecule has 0 unspecified atom stereocenters. The summed E-state index contributed by atoms with van der Waals surface area (Å²) in [4.78, 5) is 40.2. The average Bonchev–Trinajstić information content (AvgIpc) is 2.91. The molecule has 0 aliphatic carbocycles. The van der Waals surface area contributed by atoms with Crippen LogP contribution in [0.4, 0.5) is 16.2 Å². The van der Waals surface area contributed by atoms with Gasteiger partial charge in [0.1, 0.15) is 6.54 Å². The highest BCUT2D eigenvalue weighted by molar-refractivity contribution is 8.18. The van der Waals surface area contributed by atoms with Gasteiger partial charge in [0.25, 0.3) is 11.1 Å². The monoisotopic (exact) mass is 415 g/mol. The van der Waals surface area contributed by atoms with Crippen LogP contribution in [0.3, 0.4) is 0 Å². The van der Waals surface area contributed by atoms with E-state index in [1.807, 2.05) is 43.3 Å². The molecule has 0 radical (unpaired) electrons. The number of carbonyl (C=O) groups excluding carboxylic acids is 3. The number of nitrogens with one attached hydrogen (secondary N) is 1. The number of hydrogen-bond acceptors (Lipinski definition) is 5. The highest BCUT2D eigenvalue weighted by Crippen LogP contribution is 2.32. The van der Waals surface area contributed by atoms with Gasteiger partial charge in [0.15, 0.2) is 0 Å². The minimum absolute atomic E-state index is 0.285. The maximum absolute atomic E-state index is 12.6. The van der Waals surface area contributed by atoms with Gasteiger partial charge in [-0.2, -0.15) is 0 Å². The summed E-state index contributed by atoms with van der Waals surface area (Å²) in [7, 11) is 3.88. The number of carbonyl (C=O) groups is 3. The van der Waals surface area contributed by atoms with E-state index in [2.05, 4.69) is 5.32 Å². The lowest BCUT2D eigenvalue weighted by atomic mass is 10.2. The molecule has 3 amide bonds. The molecule has 144 valence electrons. The van der Waals surface area contributed by atoms with Gasteiger partial charge in [-0.25, -0.2) is 0 Å². The molecule has 3 rings (SSSR count). The van der Waals surface area contributed by atoms with E-state index in [0.717, 1.165) is 27.9 Å². The summed E-state index contributed by atoms with van der Waals surface area (Å²) in [6.07, 6.45) is 1.65. The van der Waals surface area contributed by atoms with Crippen LogP contribution in [-0.2, 0) is 9.59 Å². The fourth-order valence-corrected chi connectivity index (χ4v) is 3.57. The number of rotatable bonds is 5. The molecule has 1 fully saturated rings. The largest absolute Gasteiger partial charge is 0.378 e. The summed E-state index contributed by atoms with van der Waals surface area (Å²) in [6, 6.07) is 14.3. The molecule has 0 bridgehead atoms. The van der Waals surface area contributed by atoms with Crippen LogP contribution in [0.1, 0.15) is 5.56 Å². The number of thioether (sulfide) groups is 1. The third-order valence-corrected chi connectivity index (χ3v) is 5.27. The van der Waals surface area contributed by atoms with Crippen molar-refractivity contribution in [2.24, 2.45) is 0 Å². The summed E-state index contributed by atoms with van der Waals surface area (Å²) < 4.78 is 0. The fraction of sp³-hybridized carbons (Fsp3) is 0.150. The molecule has 2 aromatic carbocycles. The minimum atomic E-state index is -0.494. The van der Waals surface area contributed by atoms with Gasteiger partial charge in [0.2, 0.25) is 5.91 Å². The summed E-state index contributed by atoms with van der Waals surface area (Å²) in [5.74, 6) is -0.979. The highest BCUT2D eigenvalue weighted by atomic mass is 35.5. The Kier molecular flexibility index (Phi) is 6.06. The van der Waals surface area contributed by atoms with Crippen molar-refractivity contribution < 1.29 is 14.4 Å². The summed E-state index contributed by atoms with van der Waals surface area (Å²) in [5.41, 5.74) is 2.26. The number of halogens is 1. The maximum atomic E-state index is 12.6. The minimum Gasteiger partial charge on any atom is -0.378 e. The Labute approximate surface area is 172 Å². The van der Waals surface area contributed by atoms with Gasteiger partial charge >= 0.3 is 0 Å². The summed E-state index contributed by atoms with van der Waals surface area (Å²) >= 11 is 6.83. The fourth-order valence-electron chi connectivity index (χ4n) is 2.55. The van der Waals surface area contributed by atoms with Gasteiger partial charge in [-0.1, -0.05) is 35.9 Å². The van der Waals surface area contributed by atoms with Gasteiger partial charge in [0.05, 0.1) is 15.6 Å². The lowest BCUT2D eigenvalue weighted by Crippen LogP contribution is -2.36. The van der Waals surface area contributed by atoms with Gasteiger partial charge in [-0.05, 0) is 47.7 Å². The maximum Gasteiger partial charge on any atom is 0.294 e. The van der Waals surface area contributed by atoms with Crippen molar-refractivity contribution in [3.05, 3.63) is 64.0 Å².